The summed E-state index contributed by atoms with van der Waals surface area (Å²) in [5.41, 5.74) is 7.84. The summed E-state index contributed by atoms with van der Waals surface area (Å²) < 4.78 is 0. The summed E-state index contributed by atoms with van der Waals surface area (Å²) in [5, 5.41) is 7.97. The predicted molar refractivity (Wildman–Crippen MR) is 84.3 cm³/mol. The van der Waals surface area contributed by atoms with Crippen LogP contribution in [0.3, 0.4) is 0 Å². The molecule has 1 aromatic heterocycles. The van der Waals surface area contributed by atoms with Gasteiger partial charge in [0.2, 0.25) is 0 Å². The minimum Gasteiger partial charge on any atom is -0.399 e. The summed E-state index contributed by atoms with van der Waals surface area (Å²) in [4.78, 5) is 16.3. The fraction of sp³-hybridized carbons (Fsp3) is 0.286. The van der Waals surface area contributed by atoms with Crippen molar-refractivity contribution in [3.05, 3.63) is 35.3 Å². The highest BCUT2D eigenvalue weighted by molar-refractivity contribution is 7.14. The number of rotatable bonds is 2. The molecule has 0 saturated carbocycles. The maximum atomic E-state index is 11.9. The van der Waals surface area contributed by atoms with Gasteiger partial charge in [-0.15, -0.1) is 11.3 Å². The van der Waals surface area contributed by atoms with Gasteiger partial charge in [0.05, 0.1) is 5.69 Å². The Kier molecular flexibility index (Phi) is 3.94. The summed E-state index contributed by atoms with van der Waals surface area (Å²) in [5.74, 6) is 0. The van der Waals surface area contributed by atoms with E-state index in [4.69, 9.17) is 5.73 Å². The van der Waals surface area contributed by atoms with Crippen LogP contribution in [0.1, 0.15) is 26.5 Å². The molecule has 0 fully saturated rings. The number of hydrogen-bond donors (Lipinski definition) is 3. The number of aromatic nitrogens is 1. The molecule has 106 valence electrons. The molecule has 4 N–H and O–H groups in total. The maximum Gasteiger partial charge on any atom is 0.325 e. The van der Waals surface area contributed by atoms with Gasteiger partial charge in [0.25, 0.3) is 0 Å². The number of anilines is 3. The SMILES string of the molecule is CC(C)(C)c1csc(NC(=O)Nc2cccc(N)c2)n1. The summed E-state index contributed by atoms with van der Waals surface area (Å²) in [6.07, 6.45) is 0. The van der Waals surface area contributed by atoms with Gasteiger partial charge < -0.3 is 11.1 Å². The summed E-state index contributed by atoms with van der Waals surface area (Å²) in [6.45, 7) is 6.25. The summed E-state index contributed by atoms with van der Waals surface area (Å²) >= 11 is 1.41. The van der Waals surface area contributed by atoms with E-state index in [0.29, 0.717) is 16.5 Å². The van der Waals surface area contributed by atoms with Crippen molar-refractivity contribution in [3.63, 3.8) is 0 Å². The number of carbonyl (C=O) groups is 1. The summed E-state index contributed by atoms with van der Waals surface area (Å²) in [6, 6.07) is 6.69. The molecule has 1 aromatic carbocycles. The predicted octanol–water partition coefficient (Wildman–Crippen LogP) is 3.67. The van der Waals surface area contributed by atoms with Gasteiger partial charge in [0, 0.05) is 22.2 Å². The van der Waals surface area contributed by atoms with Crippen molar-refractivity contribution < 1.29 is 4.79 Å². The van der Waals surface area contributed by atoms with Crippen molar-refractivity contribution in [3.8, 4) is 0 Å². The third kappa shape index (κ3) is 3.71. The van der Waals surface area contributed by atoms with Gasteiger partial charge in [-0.1, -0.05) is 26.8 Å². The molecule has 0 saturated heterocycles. The molecule has 0 aliphatic heterocycles. The first-order valence-corrected chi connectivity index (χ1v) is 7.12. The first kappa shape index (κ1) is 14.3. The van der Waals surface area contributed by atoms with Crippen LogP contribution in [0.15, 0.2) is 29.6 Å². The minimum atomic E-state index is -0.328. The highest BCUT2D eigenvalue weighted by atomic mass is 32.1. The van der Waals surface area contributed by atoms with Crippen LogP contribution in [0.5, 0.6) is 0 Å². The highest BCUT2D eigenvalue weighted by Gasteiger charge is 2.18. The Morgan fingerprint density at radius 1 is 1.30 bits per heavy atom. The fourth-order valence-electron chi connectivity index (χ4n) is 1.55. The minimum absolute atomic E-state index is 0.0270. The average molecular weight is 290 g/mol. The number of thiazole rings is 1. The molecule has 0 aliphatic carbocycles. The Labute approximate surface area is 122 Å². The second kappa shape index (κ2) is 5.50. The van der Waals surface area contributed by atoms with Gasteiger partial charge in [0.1, 0.15) is 0 Å². The van der Waals surface area contributed by atoms with E-state index < -0.39 is 0 Å². The van der Waals surface area contributed by atoms with E-state index in [2.05, 4.69) is 36.4 Å². The van der Waals surface area contributed by atoms with Crippen LogP contribution in [0.25, 0.3) is 0 Å². The second-order valence-corrected chi connectivity index (χ2v) is 6.35. The van der Waals surface area contributed by atoms with Gasteiger partial charge >= 0.3 is 6.03 Å². The molecule has 2 aromatic rings. The lowest BCUT2D eigenvalue weighted by molar-refractivity contribution is 0.262. The van der Waals surface area contributed by atoms with E-state index in [1.54, 1.807) is 24.3 Å². The molecule has 6 heteroatoms. The fourth-order valence-corrected chi connectivity index (χ4v) is 2.48. The van der Waals surface area contributed by atoms with E-state index >= 15 is 0 Å². The molecule has 1 heterocycles. The molecule has 2 amide bonds. The molecule has 5 nitrogen and oxygen atoms in total. The zero-order valence-electron chi connectivity index (χ0n) is 11.7. The molecule has 0 radical (unpaired) electrons. The molecule has 20 heavy (non-hydrogen) atoms. The molecular formula is C14H18N4OS. The number of nitrogens with zero attached hydrogens (tertiary/aromatic N) is 1. The van der Waals surface area contributed by atoms with Gasteiger partial charge in [-0.2, -0.15) is 0 Å². The van der Waals surface area contributed by atoms with Gasteiger partial charge in [-0.3, -0.25) is 5.32 Å². The van der Waals surface area contributed by atoms with Crippen LogP contribution in [-0.2, 0) is 5.41 Å². The molecule has 0 unspecified atom stereocenters. The Bertz CT molecular complexity index is 616. The maximum absolute atomic E-state index is 11.9. The number of nitrogens with two attached hydrogens (primary N) is 1. The number of urea groups is 1. The van der Waals surface area contributed by atoms with E-state index in [0.717, 1.165) is 5.69 Å². The number of benzene rings is 1. The molecule has 0 aliphatic rings. The zero-order chi connectivity index (χ0) is 14.8. The summed E-state index contributed by atoms with van der Waals surface area (Å²) in [7, 11) is 0. The first-order chi connectivity index (χ1) is 9.34. The smallest absolute Gasteiger partial charge is 0.325 e. The second-order valence-electron chi connectivity index (χ2n) is 5.49. The van der Waals surface area contributed by atoms with Crippen LogP contribution in [0.2, 0.25) is 0 Å². The van der Waals surface area contributed by atoms with E-state index in [9.17, 15) is 4.79 Å². The van der Waals surface area contributed by atoms with Crippen LogP contribution in [0.4, 0.5) is 21.3 Å². The molecule has 0 spiro atoms. The van der Waals surface area contributed by atoms with Crippen molar-refractivity contribution in [2.24, 2.45) is 0 Å². The normalized spacial score (nSPS) is 11.2. The Morgan fingerprint density at radius 2 is 2.05 bits per heavy atom. The lowest BCUT2D eigenvalue weighted by Crippen LogP contribution is -2.19. The van der Waals surface area contributed by atoms with Crippen molar-refractivity contribution in [1.82, 2.24) is 4.98 Å². The van der Waals surface area contributed by atoms with Gasteiger partial charge in [0.15, 0.2) is 5.13 Å². The Hall–Kier alpha value is -2.08. The third-order valence-corrected chi connectivity index (χ3v) is 3.40. The van der Waals surface area contributed by atoms with Crippen molar-refractivity contribution in [2.45, 2.75) is 26.2 Å². The highest BCUT2D eigenvalue weighted by Crippen LogP contribution is 2.26. The molecule has 0 bridgehead atoms. The lowest BCUT2D eigenvalue weighted by atomic mass is 9.93. The average Bonchev–Trinajstić information content (AvgIpc) is 2.76. The number of nitrogens with one attached hydrogen (secondary N) is 2. The largest absolute Gasteiger partial charge is 0.399 e. The quantitative estimate of drug-likeness (QED) is 0.738. The standard InChI is InChI=1S/C14H18N4OS/c1-14(2,3)11-8-20-13(17-11)18-12(19)16-10-6-4-5-9(15)7-10/h4-8H,15H2,1-3H3,(H2,16,17,18,19). The Balaban J connectivity index is 2.00. The van der Waals surface area contributed by atoms with Gasteiger partial charge in [-0.25, -0.2) is 9.78 Å². The lowest BCUT2D eigenvalue weighted by Gasteiger charge is -2.14. The van der Waals surface area contributed by atoms with Crippen molar-refractivity contribution >= 4 is 33.9 Å². The van der Waals surface area contributed by atoms with E-state index in [1.807, 2.05) is 5.38 Å². The number of nitrogen functional groups attached to an aromatic ring is 1. The Morgan fingerprint density at radius 3 is 2.65 bits per heavy atom. The van der Waals surface area contributed by atoms with E-state index in [1.165, 1.54) is 11.3 Å². The van der Waals surface area contributed by atoms with Crippen molar-refractivity contribution in [2.75, 3.05) is 16.4 Å². The third-order valence-electron chi connectivity index (χ3n) is 2.64. The molecular weight excluding hydrogens is 272 g/mol. The zero-order valence-corrected chi connectivity index (χ0v) is 12.5. The first-order valence-electron chi connectivity index (χ1n) is 6.24. The number of hydrogen-bond acceptors (Lipinski definition) is 4. The topological polar surface area (TPSA) is 80.0 Å². The van der Waals surface area contributed by atoms with Crippen LogP contribution in [-0.4, -0.2) is 11.0 Å². The van der Waals surface area contributed by atoms with Crippen LogP contribution in [0, 0.1) is 0 Å². The van der Waals surface area contributed by atoms with Crippen LogP contribution < -0.4 is 16.4 Å². The van der Waals surface area contributed by atoms with Crippen LogP contribution >= 0.6 is 11.3 Å². The molecule has 2 rings (SSSR count). The molecule has 0 atom stereocenters. The van der Waals surface area contributed by atoms with Crippen molar-refractivity contribution in [1.29, 1.82) is 0 Å². The van der Waals surface area contributed by atoms with Gasteiger partial charge in [-0.05, 0) is 18.2 Å². The van der Waals surface area contributed by atoms with E-state index in [-0.39, 0.29) is 11.4 Å². The number of carbonyl (C=O) groups excluding carboxylic acids is 1. The number of amides is 2. The monoisotopic (exact) mass is 290 g/mol.